The number of amidine groups is 1. The van der Waals surface area contributed by atoms with Crippen LogP contribution in [0.2, 0.25) is 5.02 Å². The standard InChI is InChI=1S/C13H16ClFN2/c14-10-6-7-12(11(15)8-10)17-13(16)9-4-2-1-3-5-9/h6-9H,1-5H2,(H2,16,17). The molecule has 0 radical (unpaired) electrons. The van der Waals surface area contributed by atoms with Gasteiger partial charge in [0, 0.05) is 10.9 Å². The van der Waals surface area contributed by atoms with Gasteiger partial charge in [-0.2, -0.15) is 0 Å². The Morgan fingerprint density at radius 3 is 2.65 bits per heavy atom. The van der Waals surface area contributed by atoms with Gasteiger partial charge in [0.2, 0.25) is 0 Å². The summed E-state index contributed by atoms with van der Waals surface area (Å²) in [5.74, 6) is 0.431. The molecule has 0 amide bonds. The van der Waals surface area contributed by atoms with E-state index in [1.165, 1.54) is 25.3 Å². The zero-order chi connectivity index (χ0) is 12.3. The molecule has 2 N–H and O–H groups in total. The monoisotopic (exact) mass is 254 g/mol. The molecule has 2 nitrogen and oxygen atoms in total. The maximum absolute atomic E-state index is 13.5. The van der Waals surface area contributed by atoms with E-state index in [1.807, 2.05) is 0 Å². The van der Waals surface area contributed by atoms with Gasteiger partial charge in [0.1, 0.15) is 17.3 Å². The second kappa shape index (κ2) is 5.50. The quantitative estimate of drug-likeness (QED) is 0.628. The number of aliphatic imine (C=N–C) groups is 1. The molecular weight excluding hydrogens is 239 g/mol. The Balaban J connectivity index is 2.16. The highest BCUT2D eigenvalue weighted by molar-refractivity contribution is 6.30. The summed E-state index contributed by atoms with van der Waals surface area (Å²) in [6, 6.07) is 4.44. The van der Waals surface area contributed by atoms with E-state index in [1.54, 1.807) is 12.1 Å². The minimum atomic E-state index is -0.420. The van der Waals surface area contributed by atoms with Crippen LogP contribution in [0.25, 0.3) is 0 Å². The number of benzene rings is 1. The van der Waals surface area contributed by atoms with E-state index in [0.29, 0.717) is 16.8 Å². The molecule has 0 bridgehead atoms. The van der Waals surface area contributed by atoms with E-state index in [0.717, 1.165) is 12.8 Å². The Bertz CT molecular complexity index is 425. The van der Waals surface area contributed by atoms with Crippen molar-refractivity contribution in [2.24, 2.45) is 16.6 Å². The minimum absolute atomic E-state index is 0.275. The molecule has 1 aliphatic carbocycles. The van der Waals surface area contributed by atoms with Crippen molar-refractivity contribution in [3.63, 3.8) is 0 Å². The average molecular weight is 255 g/mol. The van der Waals surface area contributed by atoms with Crippen molar-refractivity contribution >= 4 is 23.1 Å². The molecule has 92 valence electrons. The minimum Gasteiger partial charge on any atom is -0.387 e. The molecule has 1 fully saturated rings. The van der Waals surface area contributed by atoms with Crippen LogP contribution in [-0.2, 0) is 0 Å². The fourth-order valence-electron chi connectivity index (χ4n) is 2.20. The molecule has 0 saturated heterocycles. The highest BCUT2D eigenvalue weighted by Crippen LogP contribution is 2.26. The van der Waals surface area contributed by atoms with Crippen LogP contribution in [0.4, 0.5) is 10.1 Å². The Hall–Kier alpha value is -1.09. The lowest BCUT2D eigenvalue weighted by atomic mass is 9.88. The summed E-state index contributed by atoms with van der Waals surface area (Å²) in [5, 5.41) is 0.373. The summed E-state index contributed by atoms with van der Waals surface area (Å²) in [7, 11) is 0. The summed E-state index contributed by atoms with van der Waals surface area (Å²) in [6.45, 7) is 0. The molecule has 4 heteroatoms. The van der Waals surface area contributed by atoms with Gasteiger partial charge in [0.05, 0.1) is 0 Å². The molecular formula is C13H16ClFN2. The molecule has 1 saturated carbocycles. The molecule has 1 aliphatic rings. The molecule has 1 aromatic carbocycles. The van der Waals surface area contributed by atoms with Gasteiger partial charge in [0.15, 0.2) is 0 Å². The summed E-state index contributed by atoms with van der Waals surface area (Å²) >= 11 is 5.68. The van der Waals surface area contributed by atoms with Gasteiger partial charge < -0.3 is 5.73 Å². The third-order valence-corrected chi connectivity index (χ3v) is 3.42. The zero-order valence-electron chi connectivity index (χ0n) is 9.63. The Labute approximate surface area is 106 Å². The summed E-state index contributed by atoms with van der Waals surface area (Å²) in [5.41, 5.74) is 6.21. The van der Waals surface area contributed by atoms with Crippen molar-refractivity contribution in [1.82, 2.24) is 0 Å². The molecule has 0 heterocycles. The zero-order valence-corrected chi connectivity index (χ0v) is 10.4. The van der Waals surface area contributed by atoms with Gasteiger partial charge in [-0.05, 0) is 31.0 Å². The second-order valence-electron chi connectivity index (χ2n) is 4.47. The fourth-order valence-corrected chi connectivity index (χ4v) is 2.36. The van der Waals surface area contributed by atoms with Crippen molar-refractivity contribution in [2.75, 3.05) is 0 Å². The van der Waals surface area contributed by atoms with Crippen LogP contribution < -0.4 is 5.73 Å². The number of halogens is 2. The van der Waals surface area contributed by atoms with Gasteiger partial charge >= 0.3 is 0 Å². The molecule has 0 atom stereocenters. The first kappa shape index (κ1) is 12.4. The topological polar surface area (TPSA) is 38.4 Å². The number of nitrogens with zero attached hydrogens (tertiary/aromatic N) is 1. The molecule has 2 rings (SSSR count). The van der Waals surface area contributed by atoms with Crippen molar-refractivity contribution in [3.05, 3.63) is 29.0 Å². The Morgan fingerprint density at radius 2 is 2.00 bits per heavy atom. The van der Waals surface area contributed by atoms with Crippen LogP contribution in [0.3, 0.4) is 0 Å². The maximum atomic E-state index is 13.5. The van der Waals surface area contributed by atoms with Gasteiger partial charge in [-0.15, -0.1) is 0 Å². The van der Waals surface area contributed by atoms with Crippen molar-refractivity contribution in [2.45, 2.75) is 32.1 Å². The van der Waals surface area contributed by atoms with Gasteiger partial charge in [-0.25, -0.2) is 9.38 Å². The lowest BCUT2D eigenvalue weighted by Gasteiger charge is -2.20. The highest BCUT2D eigenvalue weighted by Gasteiger charge is 2.17. The smallest absolute Gasteiger partial charge is 0.150 e. The predicted molar refractivity (Wildman–Crippen MR) is 69.3 cm³/mol. The molecule has 0 unspecified atom stereocenters. The van der Waals surface area contributed by atoms with E-state index in [9.17, 15) is 4.39 Å². The largest absolute Gasteiger partial charge is 0.387 e. The number of hydrogen-bond donors (Lipinski definition) is 1. The van der Waals surface area contributed by atoms with Crippen LogP contribution >= 0.6 is 11.6 Å². The predicted octanol–water partition coefficient (Wildman–Crippen LogP) is 4.05. The summed E-state index contributed by atoms with van der Waals surface area (Å²) < 4.78 is 13.5. The van der Waals surface area contributed by atoms with E-state index in [4.69, 9.17) is 17.3 Å². The van der Waals surface area contributed by atoms with E-state index in [-0.39, 0.29) is 5.69 Å². The summed E-state index contributed by atoms with van der Waals surface area (Å²) in [4.78, 5) is 4.18. The second-order valence-corrected chi connectivity index (χ2v) is 4.90. The van der Waals surface area contributed by atoms with E-state index in [2.05, 4.69) is 4.99 Å². The van der Waals surface area contributed by atoms with Crippen LogP contribution in [0.15, 0.2) is 23.2 Å². The first-order valence-electron chi connectivity index (χ1n) is 5.96. The number of hydrogen-bond acceptors (Lipinski definition) is 1. The summed E-state index contributed by atoms with van der Waals surface area (Å²) in [6.07, 6.45) is 5.75. The van der Waals surface area contributed by atoms with Crippen LogP contribution in [0.5, 0.6) is 0 Å². The lowest BCUT2D eigenvalue weighted by molar-refractivity contribution is 0.437. The maximum Gasteiger partial charge on any atom is 0.150 e. The third-order valence-electron chi connectivity index (χ3n) is 3.18. The van der Waals surface area contributed by atoms with Crippen LogP contribution in [0.1, 0.15) is 32.1 Å². The molecule has 1 aromatic rings. The van der Waals surface area contributed by atoms with Crippen molar-refractivity contribution in [1.29, 1.82) is 0 Å². The Kier molecular flexibility index (Phi) is 4.00. The first-order chi connectivity index (χ1) is 8.16. The highest BCUT2D eigenvalue weighted by atomic mass is 35.5. The first-order valence-corrected chi connectivity index (χ1v) is 6.34. The van der Waals surface area contributed by atoms with Gasteiger partial charge in [0.25, 0.3) is 0 Å². The average Bonchev–Trinajstić information content (AvgIpc) is 2.34. The molecule has 0 aliphatic heterocycles. The van der Waals surface area contributed by atoms with Gasteiger partial charge in [-0.1, -0.05) is 30.9 Å². The lowest BCUT2D eigenvalue weighted by Crippen LogP contribution is -2.25. The van der Waals surface area contributed by atoms with E-state index >= 15 is 0 Å². The van der Waals surface area contributed by atoms with E-state index < -0.39 is 5.82 Å². The SMILES string of the molecule is NC(=Nc1ccc(Cl)cc1F)C1CCCCC1. The molecule has 0 aromatic heterocycles. The van der Waals surface area contributed by atoms with Crippen molar-refractivity contribution in [3.8, 4) is 0 Å². The fraction of sp³-hybridized carbons (Fsp3) is 0.462. The normalized spacial score (nSPS) is 18.4. The number of rotatable bonds is 2. The van der Waals surface area contributed by atoms with Crippen LogP contribution in [-0.4, -0.2) is 5.84 Å². The van der Waals surface area contributed by atoms with Crippen LogP contribution in [0, 0.1) is 11.7 Å². The number of nitrogens with two attached hydrogens (primary N) is 1. The van der Waals surface area contributed by atoms with Gasteiger partial charge in [-0.3, -0.25) is 0 Å². The van der Waals surface area contributed by atoms with Crippen molar-refractivity contribution < 1.29 is 4.39 Å². The Morgan fingerprint density at radius 1 is 1.29 bits per heavy atom. The third kappa shape index (κ3) is 3.19. The molecule has 17 heavy (non-hydrogen) atoms. The molecule has 0 spiro atoms.